The molecule has 1 saturated carbocycles. The van der Waals surface area contributed by atoms with Crippen molar-refractivity contribution in [1.29, 1.82) is 0 Å². The Kier molecular flexibility index (Phi) is 3.57. The lowest BCUT2D eigenvalue weighted by Crippen LogP contribution is -2.54. The van der Waals surface area contributed by atoms with E-state index in [0.29, 0.717) is 19.3 Å². The summed E-state index contributed by atoms with van der Waals surface area (Å²) in [7, 11) is 0. The summed E-state index contributed by atoms with van der Waals surface area (Å²) in [6, 6.07) is 7.74. The Hall–Kier alpha value is -2.04. The maximum Gasteiger partial charge on any atom is 0.329 e. The number of carboxylic acids is 1. The highest BCUT2D eigenvalue weighted by molar-refractivity contribution is 5.92. The van der Waals surface area contributed by atoms with Gasteiger partial charge < -0.3 is 15.7 Å². The summed E-state index contributed by atoms with van der Waals surface area (Å²) in [6.07, 6.45) is 3.46. The summed E-state index contributed by atoms with van der Waals surface area (Å²) in [5.41, 5.74) is 0.871. The Morgan fingerprint density at radius 1 is 1.24 bits per heavy atom. The lowest BCUT2D eigenvalue weighted by atomic mass is 9.88. The lowest BCUT2D eigenvalue weighted by Gasteiger charge is -2.31. The number of fused-ring (bicyclic) bond motifs is 1. The molecule has 0 spiro atoms. The summed E-state index contributed by atoms with van der Waals surface area (Å²) >= 11 is 0. The predicted octanol–water partition coefficient (Wildman–Crippen LogP) is 2.10. The Bertz CT molecular complexity index is 564. The average molecular weight is 288 g/mol. The van der Waals surface area contributed by atoms with Crippen molar-refractivity contribution in [3.63, 3.8) is 0 Å². The van der Waals surface area contributed by atoms with Crippen molar-refractivity contribution in [3.05, 3.63) is 29.8 Å². The number of benzene rings is 1. The Labute approximate surface area is 123 Å². The molecule has 1 aliphatic carbocycles. The van der Waals surface area contributed by atoms with Crippen molar-refractivity contribution in [2.45, 2.75) is 43.6 Å². The van der Waals surface area contributed by atoms with Crippen LogP contribution >= 0.6 is 0 Å². The van der Waals surface area contributed by atoms with Gasteiger partial charge in [-0.3, -0.25) is 4.79 Å². The van der Waals surface area contributed by atoms with Crippen molar-refractivity contribution in [3.8, 4) is 0 Å². The molecule has 0 saturated heterocycles. The molecule has 1 unspecified atom stereocenters. The lowest BCUT2D eigenvalue weighted by molar-refractivity contribution is -0.147. The number of amides is 1. The summed E-state index contributed by atoms with van der Waals surface area (Å²) in [6.45, 7) is 0.731. The van der Waals surface area contributed by atoms with Gasteiger partial charge in [-0.25, -0.2) is 4.79 Å². The first-order chi connectivity index (χ1) is 10.1. The second-order valence-electron chi connectivity index (χ2n) is 5.94. The van der Waals surface area contributed by atoms with Crippen LogP contribution in [0.5, 0.6) is 0 Å². The van der Waals surface area contributed by atoms with Crippen LogP contribution in [0.3, 0.4) is 0 Å². The Morgan fingerprint density at radius 2 is 1.95 bits per heavy atom. The highest BCUT2D eigenvalue weighted by atomic mass is 16.4. The Balaban J connectivity index is 1.82. The molecule has 5 nitrogen and oxygen atoms in total. The molecule has 112 valence electrons. The van der Waals surface area contributed by atoms with Gasteiger partial charge in [0.25, 0.3) is 0 Å². The highest BCUT2D eigenvalue weighted by Crippen LogP contribution is 2.34. The van der Waals surface area contributed by atoms with Crippen LogP contribution in [0.15, 0.2) is 24.3 Å². The van der Waals surface area contributed by atoms with E-state index in [2.05, 4.69) is 10.6 Å². The molecule has 3 N–H and O–H groups in total. The minimum absolute atomic E-state index is 0.159. The number of hydrogen-bond donors (Lipinski definition) is 3. The fourth-order valence-corrected chi connectivity index (χ4v) is 3.43. The van der Waals surface area contributed by atoms with Gasteiger partial charge in [-0.1, -0.05) is 31.0 Å². The van der Waals surface area contributed by atoms with E-state index in [-0.39, 0.29) is 11.8 Å². The van der Waals surface area contributed by atoms with E-state index in [1.807, 2.05) is 24.3 Å². The monoisotopic (exact) mass is 288 g/mol. The zero-order valence-electron chi connectivity index (χ0n) is 11.9. The number of carboxylic acid groups (broad SMARTS) is 1. The predicted molar refractivity (Wildman–Crippen MR) is 79.3 cm³/mol. The number of carbonyl (C=O) groups is 2. The van der Waals surface area contributed by atoms with Gasteiger partial charge in [0.15, 0.2) is 0 Å². The van der Waals surface area contributed by atoms with Crippen LogP contribution in [-0.2, 0) is 9.59 Å². The van der Waals surface area contributed by atoms with Gasteiger partial charge in [-0.15, -0.1) is 0 Å². The van der Waals surface area contributed by atoms with Gasteiger partial charge in [-0.05, 0) is 30.9 Å². The summed E-state index contributed by atoms with van der Waals surface area (Å²) in [5, 5.41) is 15.6. The number of aliphatic carboxylic acids is 1. The minimum Gasteiger partial charge on any atom is -0.480 e. The molecule has 1 atom stereocenters. The van der Waals surface area contributed by atoms with E-state index in [1.165, 1.54) is 0 Å². The molecule has 0 bridgehead atoms. The molecular weight excluding hydrogens is 268 g/mol. The maximum absolute atomic E-state index is 12.6. The molecule has 0 aromatic heterocycles. The van der Waals surface area contributed by atoms with Crippen LogP contribution in [0.25, 0.3) is 0 Å². The standard InChI is InChI=1S/C16H20N2O3/c19-14(18-16(15(20)21)8-3-4-9-16)12-7-10-17-13-6-2-1-5-11(12)13/h1-2,5-6,12,17H,3-4,7-10H2,(H,18,19)(H,20,21). The van der Waals surface area contributed by atoms with E-state index in [9.17, 15) is 14.7 Å². The zero-order valence-corrected chi connectivity index (χ0v) is 11.9. The fourth-order valence-electron chi connectivity index (χ4n) is 3.43. The van der Waals surface area contributed by atoms with E-state index < -0.39 is 11.5 Å². The number of rotatable bonds is 3. The van der Waals surface area contributed by atoms with Crippen molar-refractivity contribution in [2.75, 3.05) is 11.9 Å². The van der Waals surface area contributed by atoms with Gasteiger partial charge in [0.2, 0.25) is 5.91 Å². The van der Waals surface area contributed by atoms with Gasteiger partial charge in [-0.2, -0.15) is 0 Å². The topological polar surface area (TPSA) is 78.4 Å². The van der Waals surface area contributed by atoms with E-state index in [1.54, 1.807) is 0 Å². The molecular formula is C16H20N2O3. The normalized spacial score (nSPS) is 23.0. The number of para-hydroxylation sites is 1. The van der Waals surface area contributed by atoms with Crippen molar-refractivity contribution >= 4 is 17.6 Å². The average Bonchev–Trinajstić information content (AvgIpc) is 2.96. The first-order valence-corrected chi connectivity index (χ1v) is 7.51. The first-order valence-electron chi connectivity index (χ1n) is 7.51. The number of hydrogen-bond acceptors (Lipinski definition) is 3. The largest absolute Gasteiger partial charge is 0.480 e. The first kappa shape index (κ1) is 13.9. The van der Waals surface area contributed by atoms with Gasteiger partial charge in [0, 0.05) is 12.2 Å². The van der Waals surface area contributed by atoms with Crippen LogP contribution in [0.4, 0.5) is 5.69 Å². The highest BCUT2D eigenvalue weighted by Gasteiger charge is 2.44. The van der Waals surface area contributed by atoms with Gasteiger partial charge in [0.05, 0.1) is 5.92 Å². The quantitative estimate of drug-likeness (QED) is 0.796. The van der Waals surface area contributed by atoms with Crippen molar-refractivity contribution < 1.29 is 14.7 Å². The molecule has 1 amide bonds. The third-order valence-electron chi connectivity index (χ3n) is 4.63. The molecule has 1 heterocycles. The number of anilines is 1. The molecule has 1 fully saturated rings. The van der Waals surface area contributed by atoms with E-state index in [0.717, 1.165) is 30.6 Å². The molecule has 21 heavy (non-hydrogen) atoms. The molecule has 1 aromatic rings. The van der Waals surface area contributed by atoms with Crippen LogP contribution in [0, 0.1) is 0 Å². The van der Waals surface area contributed by atoms with E-state index >= 15 is 0 Å². The van der Waals surface area contributed by atoms with Gasteiger partial charge in [0.1, 0.15) is 5.54 Å². The number of carbonyl (C=O) groups excluding carboxylic acids is 1. The van der Waals surface area contributed by atoms with Crippen molar-refractivity contribution in [1.82, 2.24) is 5.32 Å². The van der Waals surface area contributed by atoms with Crippen LogP contribution < -0.4 is 10.6 Å². The van der Waals surface area contributed by atoms with Crippen LogP contribution in [0.2, 0.25) is 0 Å². The Morgan fingerprint density at radius 3 is 2.67 bits per heavy atom. The fraction of sp³-hybridized carbons (Fsp3) is 0.500. The molecule has 1 aromatic carbocycles. The molecule has 0 radical (unpaired) electrons. The third-order valence-corrected chi connectivity index (χ3v) is 4.63. The molecule has 1 aliphatic heterocycles. The second-order valence-corrected chi connectivity index (χ2v) is 5.94. The third kappa shape index (κ3) is 2.48. The summed E-state index contributed by atoms with van der Waals surface area (Å²) < 4.78 is 0. The van der Waals surface area contributed by atoms with Gasteiger partial charge >= 0.3 is 5.97 Å². The minimum atomic E-state index is -1.06. The smallest absolute Gasteiger partial charge is 0.329 e. The summed E-state index contributed by atoms with van der Waals surface area (Å²) in [4.78, 5) is 24.2. The molecule has 5 heteroatoms. The molecule has 2 aliphatic rings. The second kappa shape index (κ2) is 5.39. The zero-order chi connectivity index (χ0) is 14.9. The van der Waals surface area contributed by atoms with Crippen LogP contribution in [0.1, 0.15) is 43.6 Å². The number of nitrogens with one attached hydrogen (secondary N) is 2. The SMILES string of the molecule is O=C(NC1(C(=O)O)CCCC1)C1CCNc2ccccc21. The van der Waals surface area contributed by atoms with Crippen molar-refractivity contribution in [2.24, 2.45) is 0 Å². The van der Waals surface area contributed by atoms with Crippen LogP contribution in [-0.4, -0.2) is 29.1 Å². The van der Waals surface area contributed by atoms with E-state index in [4.69, 9.17) is 0 Å². The summed E-state index contributed by atoms with van der Waals surface area (Å²) in [5.74, 6) is -1.33. The molecule has 3 rings (SSSR count). The maximum atomic E-state index is 12.6.